The average molecular weight is 184 g/mol. The lowest BCUT2D eigenvalue weighted by molar-refractivity contribution is 0.766. The molecule has 0 aromatic carbocycles. The highest BCUT2D eigenvalue weighted by Crippen LogP contribution is 2.29. The Morgan fingerprint density at radius 1 is 0.917 bits per heavy atom. The molecule has 0 fully saturated rings. The van der Waals surface area contributed by atoms with E-state index in [0.717, 1.165) is 9.56 Å². The molecule has 0 aromatic heterocycles. The van der Waals surface area contributed by atoms with Gasteiger partial charge in [-0.2, -0.15) is 0 Å². The largest absolute Gasteiger partial charge is 0.268 e. The molecule has 0 rings (SSSR count). The normalized spacial score (nSPS) is 15.8. The summed E-state index contributed by atoms with van der Waals surface area (Å²) < 4.78 is 2.11. The summed E-state index contributed by atoms with van der Waals surface area (Å²) in [6.07, 6.45) is 4.22. The lowest BCUT2D eigenvalue weighted by atomic mass is 10.3. The fourth-order valence-electron chi connectivity index (χ4n) is 2.07. The molecule has 0 aliphatic heterocycles. The molecule has 0 aliphatic rings. The summed E-state index contributed by atoms with van der Waals surface area (Å²) in [5.74, 6) is 0. The smallest absolute Gasteiger partial charge is 0.0938 e. The Morgan fingerprint density at radius 3 is 1.58 bits per heavy atom. The zero-order valence-corrected chi connectivity index (χ0v) is 10.7. The van der Waals surface area contributed by atoms with Crippen LogP contribution in [-0.2, 0) is 0 Å². The minimum Gasteiger partial charge on any atom is -0.0938 e. The van der Waals surface area contributed by atoms with Crippen molar-refractivity contribution >= 4 is 14.1 Å². The third-order valence-electron chi connectivity index (χ3n) is 3.37. The van der Waals surface area contributed by atoms with E-state index in [0.29, 0.717) is 0 Å². The van der Waals surface area contributed by atoms with Gasteiger partial charge < -0.3 is 0 Å². The Balaban J connectivity index is 4.01. The first-order valence-electron chi connectivity index (χ1n) is 5.67. The van der Waals surface area contributed by atoms with Crippen LogP contribution in [-0.4, -0.2) is 14.1 Å². The quantitative estimate of drug-likeness (QED) is 0.533. The van der Waals surface area contributed by atoms with Gasteiger partial charge in [-0.1, -0.05) is 68.7 Å². The van der Waals surface area contributed by atoms with Crippen LogP contribution in [0.1, 0.15) is 53.9 Å². The number of hydrogen-bond acceptors (Lipinski definition) is 0. The standard InChI is InChI=1S/2C4H9.C3H7.Al/c2*1-3-4-2;1-3-2;/h2*3H,4H2,1-2H3;1,3H2,2H3;. The van der Waals surface area contributed by atoms with Gasteiger partial charge in [0.05, 0.1) is 0 Å². The lowest BCUT2D eigenvalue weighted by Crippen LogP contribution is -2.23. The maximum atomic E-state index is 2.47. The molecule has 0 heterocycles. The summed E-state index contributed by atoms with van der Waals surface area (Å²) in [4.78, 5) is 0. The van der Waals surface area contributed by atoms with E-state index >= 15 is 0 Å². The summed E-state index contributed by atoms with van der Waals surface area (Å²) in [5.41, 5.74) is 0. The van der Waals surface area contributed by atoms with Gasteiger partial charge in [-0.05, 0) is 0 Å². The summed E-state index contributed by atoms with van der Waals surface area (Å²) >= 11 is -0.422. The molecular formula is C11H25Al. The Hall–Kier alpha value is 0.532. The van der Waals surface area contributed by atoms with E-state index in [-0.39, 0.29) is 0 Å². The first-order valence-corrected chi connectivity index (χ1v) is 7.82. The van der Waals surface area contributed by atoms with E-state index < -0.39 is 14.1 Å². The molecular weight excluding hydrogens is 159 g/mol. The first-order chi connectivity index (χ1) is 5.67. The van der Waals surface area contributed by atoms with Crippen LogP contribution < -0.4 is 0 Å². The topological polar surface area (TPSA) is 0 Å². The van der Waals surface area contributed by atoms with Gasteiger partial charge in [0.1, 0.15) is 0 Å². The Morgan fingerprint density at radius 2 is 1.33 bits per heavy atom. The highest BCUT2D eigenvalue weighted by molar-refractivity contribution is 6.61. The highest BCUT2D eigenvalue weighted by atomic mass is 27.2. The molecule has 0 N–H and O–H groups in total. The minimum atomic E-state index is -0.422. The first kappa shape index (κ1) is 12.5. The fraction of sp³-hybridized carbons (Fsp3) is 1.00. The molecule has 2 atom stereocenters. The number of rotatable bonds is 6. The van der Waals surface area contributed by atoms with Gasteiger partial charge in [0, 0.05) is 0 Å². The van der Waals surface area contributed by atoms with Crippen molar-refractivity contribution in [1.29, 1.82) is 0 Å². The fourth-order valence-corrected chi connectivity index (χ4v) is 6.21. The van der Waals surface area contributed by atoms with Gasteiger partial charge in [-0.3, -0.25) is 0 Å². The average Bonchev–Trinajstić information content (AvgIpc) is 2.11. The van der Waals surface area contributed by atoms with Gasteiger partial charge in [-0.15, -0.1) is 0 Å². The van der Waals surface area contributed by atoms with Gasteiger partial charge in [0.25, 0.3) is 14.1 Å². The van der Waals surface area contributed by atoms with Crippen molar-refractivity contribution in [3.63, 3.8) is 0 Å². The second kappa shape index (κ2) is 6.99. The molecule has 0 amide bonds. The zero-order valence-electron chi connectivity index (χ0n) is 9.56. The second-order valence-corrected chi connectivity index (χ2v) is 8.40. The molecule has 0 aliphatic carbocycles. The SMILES string of the molecule is CC[CH2][Al]([CH](C)CC)[CH](C)CC. The summed E-state index contributed by atoms with van der Waals surface area (Å²) in [5, 5.41) is 1.56. The van der Waals surface area contributed by atoms with E-state index in [1.165, 1.54) is 19.3 Å². The van der Waals surface area contributed by atoms with Gasteiger partial charge in [-0.25, -0.2) is 0 Å². The number of hydrogen-bond donors (Lipinski definition) is 0. The van der Waals surface area contributed by atoms with Crippen LogP contribution in [0.3, 0.4) is 0 Å². The van der Waals surface area contributed by atoms with Crippen molar-refractivity contribution in [2.75, 3.05) is 0 Å². The van der Waals surface area contributed by atoms with Crippen molar-refractivity contribution in [1.82, 2.24) is 0 Å². The lowest BCUT2D eigenvalue weighted by Gasteiger charge is -2.22. The third-order valence-corrected chi connectivity index (χ3v) is 8.48. The van der Waals surface area contributed by atoms with Crippen molar-refractivity contribution < 1.29 is 0 Å². The molecule has 0 aromatic rings. The molecule has 0 radical (unpaired) electrons. The Labute approximate surface area is 83.1 Å². The molecule has 0 saturated heterocycles. The van der Waals surface area contributed by atoms with E-state index in [9.17, 15) is 0 Å². The van der Waals surface area contributed by atoms with Crippen LogP contribution in [0, 0.1) is 0 Å². The monoisotopic (exact) mass is 184 g/mol. The predicted octanol–water partition coefficient (Wildman–Crippen LogP) is 4.49. The van der Waals surface area contributed by atoms with Crippen LogP contribution in [0.4, 0.5) is 0 Å². The van der Waals surface area contributed by atoms with E-state index in [2.05, 4.69) is 34.6 Å². The van der Waals surface area contributed by atoms with Crippen molar-refractivity contribution in [3.05, 3.63) is 0 Å². The summed E-state index contributed by atoms with van der Waals surface area (Å²) in [6.45, 7) is 12.0. The molecule has 72 valence electrons. The van der Waals surface area contributed by atoms with Crippen molar-refractivity contribution in [3.8, 4) is 0 Å². The maximum Gasteiger partial charge on any atom is 0.268 e. The minimum absolute atomic E-state index is 0.422. The van der Waals surface area contributed by atoms with Crippen molar-refractivity contribution in [2.45, 2.75) is 68.7 Å². The van der Waals surface area contributed by atoms with E-state index in [1.807, 2.05) is 0 Å². The maximum absolute atomic E-state index is 2.47. The second-order valence-electron chi connectivity index (χ2n) is 4.22. The Bertz CT molecular complexity index is 91.2. The zero-order chi connectivity index (χ0) is 9.56. The van der Waals surface area contributed by atoms with Crippen molar-refractivity contribution in [2.24, 2.45) is 0 Å². The van der Waals surface area contributed by atoms with Gasteiger partial charge in [0.15, 0.2) is 0 Å². The summed E-state index contributed by atoms with van der Waals surface area (Å²) in [7, 11) is 0. The molecule has 0 spiro atoms. The molecule has 0 bridgehead atoms. The van der Waals surface area contributed by atoms with E-state index in [4.69, 9.17) is 0 Å². The molecule has 1 heteroatoms. The highest BCUT2D eigenvalue weighted by Gasteiger charge is 2.26. The van der Waals surface area contributed by atoms with Crippen LogP contribution in [0.5, 0.6) is 0 Å². The molecule has 2 unspecified atom stereocenters. The van der Waals surface area contributed by atoms with Crippen LogP contribution in [0.2, 0.25) is 14.8 Å². The summed E-state index contributed by atoms with van der Waals surface area (Å²) in [6, 6.07) is 0. The third kappa shape index (κ3) is 3.97. The molecule has 12 heavy (non-hydrogen) atoms. The van der Waals surface area contributed by atoms with Gasteiger partial charge >= 0.3 is 0 Å². The van der Waals surface area contributed by atoms with Gasteiger partial charge in [0.2, 0.25) is 0 Å². The Kier molecular flexibility index (Phi) is 7.30. The predicted molar refractivity (Wildman–Crippen MR) is 60.3 cm³/mol. The van der Waals surface area contributed by atoms with Crippen LogP contribution >= 0.6 is 0 Å². The van der Waals surface area contributed by atoms with Crippen LogP contribution in [0.25, 0.3) is 0 Å². The molecule has 0 saturated carbocycles. The molecule has 0 nitrogen and oxygen atoms in total. The van der Waals surface area contributed by atoms with E-state index in [1.54, 1.807) is 5.28 Å². The van der Waals surface area contributed by atoms with Crippen LogP contribution in [0.15, 0.2) is 0 Å².